The third kappa shape index (κ3) is 4.88. The second kappa shape index (κ2) is 7.03. The van der Waals surface area contributed by atoms with Crippen LogP contribution in [-0.2, 0) is 0 Å². The van der Waals surface area contributed by atoms with Crippen LogP contribution in [0.2, 0.25) is 0 Å². The Bertz CT molecular complexity index is 537. The van der Waals surface area contributed by atoms with Crippen molar-refractivity contribution < 1.29 is 18.0 Å². The largest absolute Gasteiger partial charge is 0.408 e. The number of urea groups is 1. The van der Waals surface area contributed by atoms with Crippen LogP contribution in [0.3, 0.4) is 0 Å². The standard InChI is InChI=1S/C16H25F3N4O/c1-15(2,3)8-13(16(17,18)19)22-14(24)23-7-5-4-6-12(23)11-9-20-21-10-11/h9-10,12-13H,4-8H2,1-3H3,(H,20,21)(H,22,24). The van der Waals surface area contributed by atoms with Crippen molar-refractivity contribution in [1.82, 2.24) is 20.4 Å². The van der Waals surface area contributed by atoms with E-state index in [2.05, 4.69) is 15.5 Å². The Balaban J connectivity index is 2.12. The first-order valence-corrected chi connectivity index (χ1v) is 8.20. The molecule has 5 nitrogen and oxygen atoms in total. The molecule has 24 heavy (non-hydrogen) atoms. The number of piperidine rings is 1. The van der Waals surface area contributed by atoms with Gasteiger partial charge in [-0.1, -0.05) is 20.8 Å². The zero-order chi connectivity index (χ0) is 18.0. The predicted molar refractivity (Wildman–Crippen MR) is 84.3 cm³/mol. The summed E-state index contributed by atoms with van der Waals surface area (Å²) in [6.07, 6.45) is 1.13. The Kier molecular flexibility index (Phi) is 5.45. The van der Waals surface area contributed by atoms with Crippen molar-refractivity contribution >= 4 is 6.03 Å². The van der Waals surface area contributed by atoms with E-state index in [4.69, 9.17) is 0 Å². The Morgan fingerprint density at radius 3 is 2.67 bits per heavy atom. The second-order valence-electron chi connectivity index (χ2n) is 7.55. The SMILES string of the molecule is CC(C)(C)CC(NC(=O)N1CCCCC1c1cn[nH]c1)C(F)(F)F. The van der Waals surface area contributed by atoms with E-state index in [0.29, 0.717) is 6.54 Å². The highest BCUT2D eigenvalue weighted by Crippen LogP contribution is 2.33. The fraction of sp³-hybridized carbons (Fsp3) is 0.750. The molecule has 0 saturated carbocycles. The highest BCUT2D eigenvalue weighted by molar-refractivity contribution is 5.75. The molecular weight excluding hydrogens is 321 g/mol. The number of aromatic amines is 1. The van der Waals surface area contributed by atoms with Crippen LogP contribution in [0, 0.1) is 5.41 Å². The third-order valence-corrected chi connectivity index (χ3v) is 4.18. The van der Waals surface area contributed by atoms with Gasteiger partial charge in [-0.2, -0.15) is 18.3 Å². The summed E-state index contributed by atoms with van der Waals surface area (Å²) in [5.41, 5.74) is 0.281. The van der Waals surface area contributed by atoms with Gasteiger partial charge in [-0.05, 0) is 31.1 Å². The number of aromatic nitrogens is 2. The lowest BCUT2D eigenvalue weighted by atomic mass is 9.88. The molecule has 1 saturated heterocycles. The highest BCUT2D eigenvalue weighted by atomic mass is 19.4. The van der Waals surface area contributed by atoms with Crippen molar-refractivity contribution in [2.75, 3.05) is 6.54 Å². The molecule has 2 atom stereocenters. The minimum Gasteiger partial charge on any atom is -0.326 e. The monoisotopic (exact) mass is 346 g/mol. The maximum atomic E-state index is 13.3. The Morgan fingerprint density at radius 1 is 1.42 bits per heavy atom. The van der Waals surface area contributed by atoms with Crippen LogP contribution in [0.4, 0.5) is 18.0 Å². The average molecular weight is 346 g/mol. The number of nitrogens with zero attached hydrogens (tertiary/aromatic N) is 2. The normalized spacial score (nSPS) is 20.8. The van der Waals surface area contributed by atoms with E-state index in [9.17, 15) is 18.0 Å². The smallest absolute Gasteiger partial charge is 0.326 e. The first-order chi connectivity index (χ1) is 11.1. The number of amides is 2. The van der Waals surface area contributed by atoms with Crippen molar-refractivity contribution in [3.8, 4) is 0 Å². The van der Waals surface area contributed by atoms with E-state index >= 15 is 0 Å². The zero-order valence-corrected chi connectivity index (χ0v) is 14.3. The minimum absolute atomic E-state index is 0.160. The van der Waals surface area contributed by atoms with Crippen LogP contribution < -0.4 is 5.32 Å². The number of alkyl halides is 3. The fourth-order valence-corrected chi connectivity index (χ4v) is 3.06. The number of carbonyl (C=O) groups excluding carboxylic acids is 1. The van der Waals surface area contributed by atoms with Crippen LogP contribution in [0.5, 0.6) is 0 Å². The summed E-state index contributed by atoms with van der Waals surface area (Å²) in [4.78, 5) is 14.0. The van der Waals surface area contributed by atoms with E-state index in [0.717, 1.165) is 24.8 Å². The Morgan fingerprint density at radius 2 is 2.12 bits per heavy atom. The molecule has 136 valence electrons. The molecule has 0 aliphatic carbocycles. The lowest BCUT2D eigenvalue weighted by Gasteiger charge is -2.37. The molecule has 2 rings (SSSR count). The molecule has 0 spiro atoms. The molecule has 1 aromatic heterocycles. The molecule has 1 aromatic rings. The first-order valence-electron chi connectivity index (χ1n) is 8.20. The Labute approximate surface area is 140 Å². The van der Waals surface area contributed by atoms with E-state index in [-0.39, 0.29) is 12.5 Å². The van der Waals surface area contributed by atoms with Crippen LogP contribution in [0.25, 0.3) is 0 Å². The van der Waals surface area contributed by atoms with Gasteiger partial charge in [0, 0.05) is 18.3 Å². The number of likely N-dealkylation sites (tertiary alicyclic amines) is 1. The van der Waals surface area contributed by atoms with Crippen molar-refractivity contribution in [3.63, 3.8) is 0 Å². The predicted octanol–water partition coefficient (Wildman–Crippen LogP) is 4.01. The molecule has 2 amide bonds. The first kappa shape index (κ1) is 18.6. The van der Waals surface area contributed by atoms with Gasteiger partial charge in [0.05, 0.1) is 12.2 Å². The quantitative estimate of drug-likeness (QED) is 0.868. The van der Waals surface area contributed by atoms with Gasteiger partial charge in [0.1, 0.15) is 6.04 Å². The van der Waals surface area contributed by atoms with Crippen LogP contribution in [0.15, 0.2) is 12.4 Å². The van der Waals surface area contributed by atoms with Crippen molar-refractivity contribution in [3.05, 3.63) is 18.0 Å². The number of H-pyrrole nitrogens is 1. The summed E-state index contributed by atoms with van der Waals surface area (Å²) >= 11 is 0. The number of halogens is 3. The van der Waals surface area contributed by atoms with Crippen molar-refractivity contribution in [2.24, 2.45) is 5.41 Å². The maximum Gasteiger partial charge on any atom is 0.408 e. The molecule has 0 bridgehead atoms. The van der Waals surface area contributed by atoms with Gasteiger partial charge >= 0.3 is 12.2 Å². The number of rotatable bonds is 3. The van der Waals surface area contributed by atoms with Gasteiger partial charge in [-0.15, -0.1) is 0 Å². The number of carbonyl (C=O) groups is 1. The van der Waals surface area contributed by atoms with Crippen molar-refractivity contribution in [1.29, 1.82) is 0 Å². The summed E-state index contributed by atoms with van der Waals surface area (Å²) in [7, 11) is 0. The number of nitrogens with one attached hydrogen (secondary N) is 2. The second-order valence-corrected chi connectivity index (χ2v) is 7.55. The molecule has 2 unspecified atom stereocenters. The summed E-state index contributed by atoms with van der Waals surface area (Å²) in [5, 5.41) is 8.78. The van der Waals surface area contributed by atoms with Crippen molar-refractivity contribution in [2.45, 2.75) is 64.7 Å². The Hall–Kier alpha value is -1.73. The van der Waals surface area contributed by atoms with Gasteiger partial charge in [-0.3, -0.25) is 5.10 Å². The molecule has 2 heterocycles. The maximum absolute atomic E-state index is 13.3. The highest BCUT2D eigenvalue weighted by Gasteiger charge is 2.44. The summed E-state index contributed by atoms with van der Waals surface area (Å²) in [5.74, 6) is 0. The van der Waals surface area contributed by atoms with E-state index < -0.39 is 23.7 Å². The summed E-state index contributed by atoms with van der Waals surface area (Å²) < 4.78 is 39.9. The van der Waals surface area contributed by atoms with Crippen LogP contribution in [0.1, 0.15) is 58.1 Å². The van der Waals surface area contributed by atoms with Gasteiger partial charge in [0.15, 0.2) is 0 Å². The minimum atomic E-state index is -4.47. The van der Waals surface area contributed by atoms with Gasteiger partial charge in [0.25, 0.3) is 0 Å². The van der Waals surface area contributed by atoms with Gasteiger partial charge < -0.3 is 10.2 Å². The fourth-order valence-electron chi connectivity index (χ4n) is 3.06. The van der Waals surface area contributed by atoms with E-state index in [1.165, 1.54) is 4.90 Å². The molecule has 1 aliphatic heterocycles. The number of hydrogen-bond acceptors (Lipinski definition) is 2. The van der Waals surface area contributed by atoms with Gasteiger partial charge in [-0.25, -0.2) is 4.79 Å². The van der Waals surface area contributed by atoms with Gasteiger partial charge in [0.2, 0.25) is 0 Å². The molecular formula is C16H25F3N4O. The summed E-state index contributed by atoms with van der Waals surface area (Å²) in [6, 6.07) is -2.74. The average Bonchev–Trinajstić information content (AvgIpc) is 2.98. The molecule has 8 heteroatoms. The van der Waals surface area contributed by atoms with Crippen LogP contribution in [-0.4, -0.2) is 39.9 Å². The van der Waals surface area contributed by atoms with E-state index in [1.807, 2.05) is 0 Å². The topological polar surface area (TPSA) is 61.0 Å². The molecule has 0 aromatic carbocycles. The molecule has 0 radical (unpaired) electrons. The molecule has 1 aliphatic rings. The van der Waals surface area contributed by atoms with E-state index in [1.54, 1.807) is 33.2 Å². The number of hydrogen-bond donors (Lipinski definition) is 2. The molecule has 1 fully saturated rings. The molecule has 2 N–H and O–H groups in total. The zero-order valence-electron chi connectivity index (χ0n) is 14.3. The summed E-state index contributed by atoms with van der Waals surface area (Å²) in [6.45, 7) is 5.63. The third-order valence-electron chi connectivity index (χ3n) is 4.18. The lowest BCUT2D eigenvalue weighted by molar-refractivity contribution is -0.159. The van der Waals surface area contributed by atoms with Crippen LogP contribution >= 0.6 is 0 Å². The lowest BCUT2D eigenvalue weighted by Crippen LogP contribution is -2.53.